The Balaban J connectivity index is 3.03. The van der Waals surface area contributed by atoms with Gasteiger partial charge in [-0.05, 0) is 43.0 Å². The molecule has 10 nitrogen and oxygen atoms in total. The van der Waals surface area contributed by atoms with Gasteiger partial charge in [0.05, 0.1) is 6.04 Å². The van der Waals surface area contributed by atoms with E-state index in [1.54, 1.807) is 12.1 Å². The molecule has 0 aromatic heterocycles. The molecule has 178 valence electrons. The van der Waals surface area contributed by atoms with Gasteiger partial charge in [-0.3, -0.25) is 14.4 Å². The predicted molar refractivity (Wildman–Crippen MR) is 126 cm³/mol. The van der Waals surface area contributed by atoms with Crippen LogP contribution >= 0.6 is 24.4 Å². The smallest absolute Gasteiger partial charge is 0.327 e. The molecule has 0 saturated carbocycles. The van der Waals surface area contributed by atoms with Crippen LogP contribution in [0.1, 0.15) is 18.9 Å². The van der Waals surface area contributed by atoms with E-state index >= 15 is 0 Å². The molecule has 0 spiro atoms. The summed E-state index contributed by atoms with van der Waals surface area (Å²) in [5.74, 6) is -2.58. The van der Waals surface area contributed by atoms with Crippen LogP contribution in [0, 0.1) is 0 Å². The van der Waals surface area contributed by atoms with Crippen LogP contribution < -0.4 is 21.7 Å². The summed E-state index contributed by atoms with van der Waals surface area (Å²) in [6.07, 6.45) is 2.18. The van der Waals surface area contributed by atoms with Crippen LogP contribution in [0.5, 0.6) is 5.75 Å². The first-order chi connectivity index (χ1) is 15.1. The minimum atomic E-state index is -1.24. The summed E-state index contributed by atoms with van der Waals surface area (Å²) < 4.78 is 0. The van der Waals surface area contributed by atoms with Crippen molar-refractivity contribution in [2.75, 3.05) is 17.8 Å². The molecule has 1 rings (SSSR count). The number of nitrogens with two attached hydrogens (primary N) is 1. The number of benzene rings is 1. The lowest BCUT2D eigenvalue weighted by molar-refractivity contribution is -0.141. The van der Waals surface area contributed by atoms with E-state index in [-0.39, 0.29) is 24.3 Å². The largest absolute Gasteiger partial charge is 0.508 e. The lowest BCUT2D eigenvalue weighted by Crippen LogP contribution is -2.57. The molecule has 7 N–H and O–H groups in total. The Bertz CT molecular complexity index is 791. The van der Waals surface area contributed by atoms with E-state index in [2.05, 4.69) is 28.6 Å². The number of carbonyl (C=O) groups is 4. The van der Waals surface area contributed by atoms with Gasteiger partial charge in [0.1, 0.15) is 23.9 Å². The summed E-state index contributed by atoms with van der Waals surface area (Å²) in [5, 5.41) is 26.1. The molecular formula is C20H30N4O6S2. The number of phenolic OH excluding ortho intramolecular Hbond substituents is 1. The number of carbonyl (C=O) groups excluding carboxylic acids is 3. The number of aromatic hydroxyl groups is 1. The topological polar surface area (TPSA) is 171 Å². The number of aliphatic carboxylic acids is 1. The number of hydrogen-bond acceptors (Lipinski definition) is 8. The van der Waals surface area contributed by atoms with Crippen molar-refractivity contribution < 1.29 is 29.4 Å². The molecule has 12 heteroatoms. The summed E-state index contributed by atoms with van der Waals surface area (Å²) in [7, 11) is 0. The third-order valence-electron chi connectivity index (χ3n) is 4.46. The zero-order valence-electron chi connectivity index (χ0n) is 17.9. The number of carboxylic acid groups (broad SMARTS) is 1. The maximum absolute atomic E-state index is 13.0. The molecule has 0 aliphatic heterocycles. The summed E-state index contributed by atoms with van der Waals surface area (Å²) in [5.41, 5.74) is 6.27. The Labute approximate surface area is 196 Å². The van der Waals surface area contributed by atoms with Crippen LogP contribution in [-0.4, -0.2) is 75.8 Å². The minimum Gasteiger partial charge on any atom is -0.508 e. The maximum Gasteiger partial charge on any atom is 0.327 e. The maximum atomic E-state index is 13.0. The van der Waals surface area contributed by atoms with Gasteiger partial charge >= 0.3 is 5.97 Å². The SMILES string of the molecule is CSCCC(NC(=O)C(Cc1ccc(O)cc1)NC(=O)C(C)N)C(=O)NC(CS)C(=O)O. The van der Waals surface area contributed by atoms with Crippen molar-refractivity contribution in [3.8, 4) is 5.75 Å². The highest BCUT2D eigenvalue weighted by atomic mass is 32.2. The highest BCUT2D eigenvalue weighted by Gasteiger charge is 2.29. The number of carboxylic acids is 1. The average Bonchev–Trinajstić information content (AvgIpc) is 2.75. The zero-order valence-corrected chi connectivity index (χ0v) is 19.6. The second kappa shape index (κ2) is 13.9. The number of amides is 3. The molecule has 0 radical (unpaired) electrons. The molecule has 32 heavy (non-hydrogen) atoms. The van der Waals surface area contributed by atoms with Gasteiger partial charge in [0.2, 0.25) is 17.7 Å². The third kappa shape index (κ3) is 9.37. The van der Waals surface area contributed by atoms with Crippen LogP contribution in [-0.2, 0) is 25.6 Å². The van der Waals surface area contributed by atoms with Crippen molar-refractivity contribution in [1.82, 2.24) is 16.0 Å². The van der Waals surface area contributed by atoms with Crippen LogP contribution in [0.3, 0.4) is 0 Å². The van der Waals surface area contributed by atoms with Crippen LogP contribution in [0.25, 0.3) is 0 Å². The normalized spacial score (nSPS) is 14.5. The lowest BCUT2D eigenvalue weighted by atomic mass is 10.0. The Morgan fingerprint density at radius 3 is 2.03 bits per heavy atom. The molecule has 4 atom stereocenters. The van der Waals surface area contributed by atoms with E-state index in [9.17, 15) is 24.3 Å². The summed E-state index contributed by atoms with van der Waals surface area (Å²) >= 11 is 5.39. The molecule has 0 aliphatic rings. The van der Waals surface area contributed by atoms with Crippen molar-refractivity contribution in [3.05, 3.63) is 29.8 Å². The van der Waals surface area contributed by atoms with E-state index in [0.29, 0.717) is 11.3 Å². The van der Waals surface area contributed by atoms with E-state index in [0.717, 1.165) is 0 Å². The molecule has 0 saturated heterocycles. The van der Waals surface area contributed by atoms with Gasteiger partial charge in [-0.1, -0.05) is 12.1 Å². The number of hydrogen-bond donors (Lipinski definition) is 7. The van der Waals surface area contributed by atoms with Gasteiger partial charge < -0.3 is 31.9 Å². The third-order valence-corrected chi connectivity index (χ3v) is 5.47. The minimum absolute atomic E-state index is 0.0559. The standard InChI is InChI=1S/C20H30N4O6S2/c1-11(21)17(26)23-15(9-12-3-5-13(25)6-4-12)19(28)22-14(7-8-32-2)18(27)24-16(10-31)20(29)30/h3-6,11,14-16,25,31H,7-10,21H2,1-2H3,(H,22,28)(H,23,26)(H,24,27)(H,29,30). The summed E-state index contributed by atoms with van der Waals surface area (Å²) in [4.78, 5) is 49.0. The van der Waals surface area contributed by atoms with Crippen LogP contribution in [0.4, 0.5) is 0 Å². The van der Waals surface area contributed by atoms with Crippen molar-refractivity contribution in [3.63, 3.8) is 0 Å². The first kappa shape index (κ1) is 27.6. The second-order valence-corrected chi connectivity index (χ2v) is 8.50. The van der Waals surface area contributed by atoms with Crippen LogP contribution in [0.15, 0.2) is 24.3 Å². The van der Waals surface area contributed by atoms with E-state index < -0.39 is 47.9 Å². The summed E-state index contributed by atoms with van der Waals surface area (Å²) in [6, 6.07) is 2.02. The number of phenols is 1. The van der Waals surface area contributed by atoms with Crippen LogP contribution in [0.2, 0.25) is 0 Å². The fraction of sp³-hybridized carbons (Fsp3) is 0.500. The lowest BCUT2D eigenvalue weighted by Gasteiger charge is -2.24. The Morgan fingerprint density at radius 1 is 1.00 bits per heavy atom. The number of nitrogens with one attached hydrogen (secondary N) is 3. The summed E-state index contributed by atoms with van der Waals surface area (Å²) in [6.45, 7) is 1.48. The van der Waals surface area contributed by atoms with Gasteiger partial charge in [0, 0.05) is 12.2 Å². The van der Waals surface area contributed by atoms with E-state index in [1.165, 1.54) is 30.8 Å². The highest BCUT2D eigenvalue weighted by Crippen LogP contribution is 2.12. The highest BCUT2D eigenvalue weighted by molar-refractivity contribution is 7.98. The first-order valence-electron chi connectivity index (χ1n) is 9.86. The van der Waals surface area contributed by atoms with Gasteiger partial charge in [-0.25, -0.2) is 4.79 Å². The molecule has 1 aromatic rings. The van der Waals surface area contributed by atoms with Crippen molar-refractivity contribution in [1.29, 1.82) is 0 Å². The molecule has 3 amide bonds. The van der Waals surface area contributed by atoms with Crippen molar-refractivity contribution in [2.24, 2.45) is 5.73 Å². The van der Waals surface area contributed by atoms with Crippen molar-refractivity contribution in [2.45, 2.75) is 43.9 Å². The molecular weight excluding hydrogens is 456 g/mol. The molecule has 1 aromatic carbocycles. The average molecular weight is 487 g/mol. The Hall–Kier alpha value is -2.44. The quantitative estimate of drug-likeness (QED) is 0.183. The monoisotopic (exact) mass is 486 g/mol. The van der Waals surface area contributed by atoms with Gasteiger partial charge in [-0.2, -0.15) is 24.4 Å². The van der Waals surface area contributed by atoms with E-state index in [4.69, 9.17) is 10.8 Å². The van der Waals surface area contributed by atoms with Gasteiger partial charge in [0.15, 0.2) is 0 Å². The molecule has 0 fully saturated rings. The van der Waals surface area contributed by atoms with E-state index in [1.807, 2.05) is 6.26 Å². The fourth-order valence-electron chi connectivity index (χ4n) is 2.61. The molecule has 4 unspecified atom stereocenters. The molecule has 0 heterocycles. The van der Waals surface area contributed by atoms with Gasteiger partial charge in [0.25, 0.3) is 0 Å². The van der Waals surface area contributed by atoms with Crippen molar-refractivity contribution >= 4 is 48.1 Å². The second-order valence-electron chi connectivity index (χ2n) is 7.15. The van der Waals surface area contributed by atoms with Gasteiger partial charge in [-0.15, -0.1) is 0 Å². The zero-order chi connectivity index (χ0) is 24.3. The Kier molecular flexibility index (Phi) is 12.0. The molecule has 0 aliphatic carbocycles. The number of thioether (sulfide) groups is 1. The first-order valence-corrected chi connectivity index (χ1v) is 11.9. The number of rotatable bonds is 13. The molecule has 0 bridgehead atoms. The Morgan fingerprint density at radius 2 is 1.53 bits per heavy atom. The number of thiol groups is 1. The fourth-order valence-corrected chi connectivity index (χ4v) is 3.33. The predicted octanol–water partition coefficient (Wildman–Crippen LogP) is -0.496.